The summed E-state index contributed by atoms with van der Waals surface area (Å²) in [6.45, 7) is 7.13. The number of rotatable bonds is 9. The monoisotopic (exact) mass is 624 g/mol. The number of aromatic nitrogens is 1. The number of nitrogens with one attached hydrogen (secondary N) is 1. The first kappa shape index (κ1) is 32.3. The lowest BCUT2D eigenvalue weighted by Crippen LogP contribution is -2.49. The van der Waals surface area contributed by atoms with Crippen molar-refractivity contribution in [3.05, 3.63) is 70.6 Å². The van der Waals surface area contributed by atoms with Gasteiger partial charge in [0.05, 0.1) is 29.5 Å². The Morgan fingerprint density at radius 2 is 1.86 bits per heavy atom. The van der Waals surface area contributed by atoms with Crippen LogP contribution in [0.2, 0.25) is 0 Å². The van der Waals surface area contributed by atoms with Crippen molar-refractivity contribution < 1.29 is 40.8 Å². The summed E-state index contributed by atoms with van der Waals surface area (Å²) in [5, 5.41) is 13.6. The minimum Gasteiger partial charge on any atom is -0.486 e. The Labute approximate surface area is 248 Å². The maximum absolute atomic E-state index is 13.7. The Bertz CT molecular complexity index is 1540. The highest BCUT2D eigenvalue weighted by molar-refractivity contribution is 7.92. The molecular formula is C29H35F3N4O6S. The molecule has 43 heavy (non-hydrogen) atoms. The molecule has 0 saturated carbocycles. The molecule has 14 heteroatoms. The molecule has 0 unspecified atom stereocenters. The number of amides is 1. The van der Waals surface area contributed by atoms with Gasteiger partial charge in [-0.25, -0.2) is 8.42 Å². The van der Waals surface area contributed by atoms with Gasteiger partial charge in [-0.1, -0.05) is 30.3 Å². The molecule has 1 aliphatic heterocycles. The Morgan fingerprint density at radius 3 is 2.44 bits per heavy atom. The maximum Gasteiger partial charge on any atom is 0.416 e. The van der Waals surface area contributed by atoms with Crippen molar-refractivity contribution in [3.63, 3.8) is 0 Å². The second-order valence-electron chi connectivity index (χ2n) is 11.0. The molecule has 3 atom stereocenters. The van der Waals surface area contributed by atoms with Crippen LogP contribution in [0.5, 0.6) is 5.75 Å². The average molecular weight is 625 g/mol. The Hall–Kier alpha value is -3.62. The number of para-hydroxylation sites is 1. The number of alkyl halides is 3. The fourth-order valence-corrected chi connectivity index (χ4v) is 6.47. The Kier molecular flexibility index (Phi) is 9.42. The van der Waals surface area contributed by atoms with E-state index < -0.39 is 39.8 Å². The molecule has 0 bridgehead atoms. The molecule has 0 saturated heterocycles. The molecule has 10 nitrogen and oxygen atoms in total. The molecule has 1 aromatic heterocycles. The number of carbonyl (C=O) groups excluding carboxylic acids is 1. The number of hydrogen-bond acceptors (Lipinski definition) is 8. The first-order valence-corrected chi connectivity index (χ1v) is 15.1. The summed E-state index contributed by atoms with van der Waals surface area (Å²) in [5.41, 5.74) is 0.239. The lowest BCUT2D eigenvalue weighted by Gasteiger charge is -2.38. The number of aryl methyl sites for hydroxylation is 2. The molecule has 234 valence electrons. The predicted octanol–water partition coefficient (Wildman–Crippen LogP) is 4.46. The van der Waals surface area contributed by atoms with Crippen molar-refractivity contribution in [2.24, 2.45) is 5.92 Å². The molecule has 0 aliphatic carbocycles. The van der Waals surface area contributed by atoms with Crippen LogP contribution < -0.4 is 9.46 Å². The van der Waals surface area contributed by atoms with Gasteiger partial charge >= 0.3 is 6.18 Å². The third kappa shape index (κ3) is 7.13. The molecule has 2 N–H and O–H groups in total. The number of carbonyl (C=O) groups is 1. The molecule has 0 spiro atoms. The van der Waals surface area contributed by atoms with Crippen LogP contribution in [-0.2, 0) is 22.7 Å². The van der Waals surface area contributed by atoms with Crippen LogP contribution in [0.1, 0.15) is 46.8 Å². The fourth-order valence-electron chi connectivity index (χ4n) is 5.08. The quantitative estimate of drug-likeness (QED) is 0.358. The summed E-state index contributed by atoms with van der Waals surface area (Å²) in [6, 6.07) is 8.91. The Morgan fingerprint density at radius 1 is 1.19 bits per heavy atom. The van der Waals surface area contributed by atoms with E-state index in [1.54, 1.807) is 14.0 Å². The lowest BCUT2D eigenvalue weighted by atomic mass is 9.99. The zero-order chi connectivity index (χ0) is 31.7. The summed E-state index contributed by atoms with van der Waals surface area (Å²) >= 11 is 0. The number of fused-ring (bicyclic) bond motifs is 1. The van der Waals surface area contributed by atoms with Gasteiger partial charge < -0.3 is 19.3 Å². The van der Waals surface area contributed by atoms with Crippen LogP contribution in [0.3, 0.4) is 0 Å². The standard InChI is InChI=1S/C29H35F3N4O6S/c1-17-13-36(18(2)16-37)28(38)23-7-6-8-24(34-43(39,40)27-19(3)33-42-20(27)4)26(23)41-25(17)15-35(5)14-21-9-11-22(12-10-21)29(30,31)32/h6-12,17-18,25,34,37H,13-16H2,1-5H3/t17-,18+,25-/m1/s1. The van der Waals surface area contributed by atoms with Gasteiger partial charge in [-0.05, 0) is 57.6 Å². The van der Waals surface area contributed by atoms with E-state index in [1.165, 1.54) is 49.1 Å². The molecule has 0 radical (unpaired) electrons. The maximum atomic E-state index is 13.7. The summed E-state index contributed by atoms with van der Waals surface area (Å²) in [7, 11) is -2.40. The second kappa shape index (κ2) is 12.5. The first-order valence-electron chi connectivity index (χ1n) is 13.6. The van der Waals surface area contributed by atoms with Gasteiger partial charge in [0, 0.05) is 25.6 Å². The van der Waals surface area contributed by atoms with E-state index in [9.17, 15) is 31.5 Å². The number of aliphatic hydroxyl groups excluding tert-OH is 1. The topological polar surface area (TPSA) is 125 Å². The molecule has 2 aromatic carbocycles. The minimum atomic E-state index is -4.43. The highest BCUT2D eigenvalue weighted by Crippen LogP contribution is 2.37. The normalized spacial score (nSPS) is 18.6. The zero-order valence-electron chi connectivity index (χ0n) is 24.5. The average Bonchev–Trinajstić information content (AvgIpc) is 3.28. The van der Waals surface area contributed by atoms with Crippen LogP contribution in [-0.4, -0.2) is 73.3 Å². The smallest absolute Gasteiger partial charge is 0.416 e. The van der Waals surface area contributed by atoms with Gasteiger partial charge in [0.2, 0.25) is 0 Å². The first-order chi connectivity index (χ1) is 20.1. The van der Waals surface area contributed by atoms with Gasteiger partial charge in [0.25, 0.3) is 15.9 Å². The molecule has 4 rings (SSSR count). The van der Waals surface area contributed by atoms with Crippen molar-refractivity contribution in [3.8, 4) is 5.75 Å². The van der Waals surface area contributed by atoms with E-state index in [-0.39, 0.29) is 52.4 Å². The number of sulfonamides is 1. The highest BCUT2D eigenvalue weighted by atomic mass is 32.2. The minimum absolute atomic E-state index is 0.0254. The van der Waals surface area contributed by atoms with E-state index in [2.05, 4.69) is 9.88 Å². The third-order valence-electron chi connectivity index (χ3n) is 7.40. The molecule has 1 aliphatic rings. The van der Waals surface area contributed by atoms with Crippen LogP contribution in [0.15, 0.2) is 51.9 Å². The predicted molar refractivity (Wildman–Crippen MR) is 152 cm³/mol. The number of aliphatic hydroxyl groups is 1. The van der Waals surface area contributed by atoms with Crippen molar-refractivity contribution in [2.45, 2.75) is 57.5 Å². The number of likely N-dealkylation sites (N-methyl/N-ethyl adjacent to an activating group) is 1. The van der Waals surface area contributed by atoms with Gasteiger partial charge in [0.15, 0.2) is 16.4 Å². The second-order valence-corrected chi connectivity index (χ2v) is 12.6. The number of benzene rings is 2. The summed E-state index contributed by atoms with van der Waals surface area (Å²) in [5.74, 6) is -0.593. The molecule has 0 fully saturated rings. The molecule has 1 amide bonds. The summed E-state index contributed by atoms with van der Waals surface area (Å²) in [6.07, 6.45) is -5.01. The third-order valence-corrected chi connectivity index (χ3v) is 9.01. The van der Waals surface area contributed by atoms with Gasteiger partial charge in [-0.2, -0.15) is 13.2 Å². The molecule has 2 heterocycles. The molecule has 3 aromatic rings. The van der Waals surface area contributed by atoms with Crippen LogP contribution in [0.25, 0.3) is 0 Å². The zero-order valence-corrected chi connectivity index (χ0v) is 25.3. The fraction of sp³-hybridized carbons (Fsp3) is 0.448. The Balaban J connectivity index is 1.68. The number of hydrogen-bond donors (Lipinski definition) is 2. The van der Waals surface area contributed by atoms with E-state index >= 15 is 0 Å². The van der Waals surface area contributed by atoms with Crippen LogP contribution in [0, 0.1) is 19.8 Å². The van der Waals surface area contributed by atoms with E-state index in [4.69, 9.17) is 9.26 Å². The SMILES string of the molecule is Cc1noc(C)c1S(=O)(=O)Nc1cccc2c1O[C@H](CN(C)Cc1ccc(C(F)(F)F)cc1)[C@H](C)CN([C@@H](C)CO)C2=O. The van der Waals surface area contributed by atoms with Crippen molar-refractivity contribution in [1.82, 2.24) is 15.0 Å². The van der Waals surface area contributed by atoms with Crippen molar-refractivity contribution >= 4 is 21.6 Å². The largest absolute Gasteiger partial charge is 0.486 e. The van der Waals surface area contributed by atoms with E-state index in [0.717, 1.165) is 12.1 Å². The number of anilines is 1. The number of halogens is 3. The number of ether oxygens (including phenoxy) is 1. The van der Waals surface area contributed by atoms with E-state index in [0.29, 0.717) is 18.7 Å². The molecular weight excluding hydrogens is 589 g/mol. The van der Waals surface area contributed by atoms with E-state index in [1.807, 2.05) is 11.8 Å². The summed E-state index contributed by atoms with van der Waals surface area (Å²) < 4.78 is 79.8. The van der Waals surface area contributed by atoms with Gasteiger partial charge in [-0.3, -0.25) is 14.4 Å². The van der Waals surface area contributed by atoms with Gasteiger partial charge in [-0.15, -0.1) is 0 Å². The van der Waals surface area contributed by atoms with Crippen molar-refractivity contribution in [2.75, 3.05) is 31.5 Å². The summed E-state index contributed by atoms with van der Waals surface area (Å²) in [4.78, 5) is 17.0. The van der Waals surface area contributed by atoms with Crippen molar-refractivity contribution in [1.29, 1.82) is 0 Å². The number of nitrogens with zero attached hydrogens (tertiary/aromatic N) is 3. The lowest BCUT2D eigenvalue weighted by molar-refractivity contribution is -0.137. The van der Waals surface area contributed by atoms with Crippen LogP contribution in [0.4, 0.5) is 18.9 Å². The highest BCUT2D eigenvalue weighted by Gasteiger charge is 2.36. The van der Waals surface area contributed by atoms with Gasteiger partial charge in [0.1, 0.15) is 11.8 Å². The van der Waals surface area contributed by atoms with Crippen LogP contribution >= 0.6 is 0 Å².